The van der Waals surface area contributed by atoms with Crippen molar-refractivity contribution in [3.05, 3.63) is 0 Å². The first kappa shape index (κ1) is 10.5. The summed E-state index contributed by atoms with van der Waals surface area (Å²) in [6, 6.07) is 0. The highest BCUT2D eigenvalue weighted by Crippen LogP contribution is 2.59. The van der Waals surface area contributed by atoms with Crippen molar-refractivity contribution >= 4 is 0 Å². The zero-order chi connectivity index (χ0) is 10.6. The zero-order valence-corrected chi connectivity index (χ0v) is 10.1. The largest absolute Gasteiger partial charge is 0.390 e. The standard InChI is InChI=1S/C13H24O/c1-10-5-11(2)7-12(3,6-10)9-13(4,14)8-11/h10,14H,5-9H2,1-4H3/t10?,11-,12+,13?. The molecule has 2 fully saturated rings. The van der Waals surface area contributed by atoms with E-state index >= 15 is 0 Å². The average molecular weight is 196 g/mol. The van der Waals surface area contributed by atoms with E-state index in [4.69, 9.17) is 0 Å². The van der Waals surface area contributed by atoms with Gasteiger partial charge in [-0.2, -0.15) is 0 Å². The lowest BCUT2D eigenvalue weighted by molar-refractivity contribution is -0.120. The van der Waals surface area contributed by atoms with Gasteiger partial charge < -0.3 is 5.11 Å². The summed E-state index contributed by atoms with van der Waals surface area (Å²) in [6.07, 6.45) is 5.93. The van der Waals surface area contributed by atoms with Gasteiger partial charge in [0.2, 0.25) is 0 Å². The van der Waals surface area contributed by atoms with Crippen LogP contribution in [-0.4, -0.2) is 10.7 Å². The molecular formula is C13H24O. The summed E-state index contributed by atoms with van der Waals surface area (Å²) in [5, 5.41) is 10.3. The number of rotatable bonds is 0. The van der Waals surface area contributed by atoms with Crippen LogP contribution in [0.4, 0.5) is 0 Å². The maximum absolute atomic E-state index is 10.3. The monoisotopic (exact) mass is 196 g/mol. The Morgan fingerprint density at radius 1 is 0.929 bits per heavy atom. The first-order valence-electron chi connectivity index (χ1n) is 5.95. The van der Waals surface area contributed by atoms with Gasteiger partial charge in [0.1, 0.15) is 0 Å². The molecule has 0 amide bonds. The molecule has 2 aliphatic carbocycles. The third-order valence-corrected chi connectivity index (χ3v) is 4.15. The van der Waals surface area contributed by atoms with Crippen LogP contribution in [0.1, 0.15) is 59.8 Å². The van der Waals surface area contributed by atoms with Gasteiger partial charge in [-0.25, -0.2) is 0 Å². The van der Waals surface area contributed by atoms with Gasteiger partial charge in [0.05, 0.1) is 5.60 Å². The number of hydrogen-bond acceptors (Lipinski definition) is 1. The third-order valence-electron chi connectivity index (χ3n) is 4.15. The Kier molecular flexibility index (Phi) is 2.06. The third kappa shape index (κ3) is 1.84. The van der Waals surface area contributed by atoms with E-state index in [1.54, 1.807) is 0 Å². The molecule has 0 aromatic carbocycles. The van der Waals surface area contributed by atoms with Gasteiger partial charge >= 0.3 is 0 Å². The van der Waals surface area contributed by atoms with Crippen LogP contribution in [0.25, 0.3) is 0 Å². The number of fused-ring (bicyclic) bond motifs is 2. The summed E-state index contributed by atoms with van der Waals surface area (Å²) in [5.41, 5.74) is 0.379. The van der Waals surface area contributed by atoms with Crippen molar-refractivity contribution in [3.8, 4) is 0 Å². The maximum Gasteiger partial charge on any atom is 0.0630 e. The summed E-state index contributed by atoms with van der Waals surface area (Å²) >= 11 is 0. The van der Waals surface area contributed by atoms with E-state index in [1.807, 2.05) is 6.92 Å². The molecule has 0 aromatic heterocycles. The van der Waals surface area contributed by atoms with Crippen molar-refractivity contribution in [1.82, 2.24) is 0 Å². The first-order valence-corrected chi connectivity index (χ1v) is 5.95. The molecule has 1 heteroatoms. The summed E-state index contributed by atoms with van der Waals surface area (Å²) in [7, 11) is 0. The van der Waals surface area contributed by atoms with Crippen LogP contribution in [0, 0.1) is 16.7 Å². The smallest absolute Gasteiger partial charge is 0.0630 e. The number of aliphatic hydroxyl groups is 1. The molecule has 2 rings (SSSR count). The Labute approximate surface area is 87.9 Å². The topological polar surface area (TPSA) is 20.2 Å². The second-order valence-electron chi connectivity index (χ2n) is 7.16. The van der Waals surface area contributed by atoms with Crippen LogP contribution >= 0.6 is 0 Å². The van der Waals surface area contributed by atoms with Gasteiger partial charge in [0, 0.05) is 0 Å². The van der Waals surface area contributed by atoms with Crippen molar-refractivity contribution in [1.29, 1.82) is 0 Å². The Morgan fingerprint density at radius 2 is 1.36 bits per heavy atom. The second kappa shape index (κ2) is 2.75. The molecule has 0 radical (unpaired) electrons. The fraction of sp³-hybridized carbons (Fsp3) is 1.00. The van der Waals surface area contributed by atoms with Gasteiger partial charge in [0.15, 0.2) is 0 Å². The minimum atomic E-state index is -0.415. The molecule has 2 bridgehead atoms. The van der Waals surface area contributed by atoms with Crippen LogP contribution in [0.2, 0.25) is 0 Å². The normalized spacial score (nSPS) is 58.5. The Bertz CT molecular complexity index is 216. The molecule has 2 saturated carbocycles. The molecule has 2 unspecified atom stereocenters. The molecule has 0 aromatic rings. The number of hydrogen-bond donors (Lipinski definition) is 1. The fourth-order valence-electron chi connectivity index (χ4n) is 5.10. The Morgan fingerprint density at radius 3 is 1.79 bits per heavy atom. The fourth-order valence-corrected chi connectivity index (χ4v) is 5.10. The molecule has 4 atom stereocenters. The van der Waals surface area contributed by atoms with Gasteiger partial charge in [-0.3, -0.25) is 0 Å². The predicted octanol–water partition coefficient (Wildman–Crippen LogP) is 3.36. The van der Waals surface area contributed by atoms with E-state index < -0.39 is 5.60 Å². The molecule has 0 saturated heterocycles. The van der Waals surface area contributed by atoms with Crippen LogP contribution in [0.5, 0.6) is 0 Å². The lowest BCUT2D eigenvalue weighted by Gasteiger charge is -2.56. The summed E-state index contributed by atoms with van der Waals surface area (Å²) < 4.78 is 0. The lowest BCUT2D eigenvalue weighted by Crippen LogP contribution is -2.50. The van der Waals surface area contributed by atoms with Crippen molar-refractivity contribution in [2.24, 2.45) is 16.7 Å². The molecule has 1 nitrogen and oxygen atoms in total. The summed E-state index contributed by atoms with van der Waals surface area (Å²) in [5.74, 6) is 0.842. The Hall–Kier alpha value is -0.0400. The highest BCUT2D eigenvalue weighted by molar-refractivity contribution is 5.03. The molecule has 0 spiro atoms. The molecule has 0 aliphatic heterocycles. The van der Waals surface area contributed by atoms with E-state index in [9.17, 15) is 5.11 Å². The van der Waals surface area contributed by atoms with Gasteiger partial charge in [-0.05, 0) is 55.8 Å². The predicted molar refractivity (Wildman–Crippen MR) is 59.1 cm³/mol. The van der Waals surface area contributed by atoms with E-state index in [0.29, 0.717) is 10.8 Å². The minimum Gasteiger partial charge on any atom is -0.390 e. The summed E-state index contributed by atoms with van der Waals surface area (Å²) in [4.78, 5) is 0. The van der Waals surface area contributed by atoms with Crippen molar-refractivity contribution in [3.63, 3.8) is 0 Å². The highest BCUT2D eigenvalue weighted by atomic mass is 16.3. The van der Waals surface area contributed by atoms with Crippen molar-refractivity contribution in [2.45, 2.75) is 65.4 Å². The average Bonchev–Trinajstić information content (AvgIpc) is 1.71. The van der Waals surface area contributed by atoms with Gasteiger partial charge in [-0.15, -0.1) is 0 Å². The lowest BCUT2D eigenvalue weighted by atomic mass is 9.50. The van der Waals surface area contributed by atoms with E-state index in [0.717, 1.165) is 18.8 Å². The van der Waals surface area contributed by atoms with Crippen LogP contribution in [-0.2, 0) is 0 Å². The quantitative estimate of drug-likeness (QED) is 0.630. The van der Waals surface area contributed by atoms with Crippen LogP contribution in [0.15, 0.2) is 0 Å². The van der Waals surface area contributed by atoms with E-state index in [-0.39, 0.29) is 0 Å². The molecule has 2 aliphatic rings. The molecule has 0 heterocycles. The van der Waals surface area contributed by atoms with Crippen LogP contribution < -0.4 is 0 Å². The summed E-state index contributed by atoms with van der Waals surface area (Å²) in [6.45, 7) is 9.14. The first-order chi connectivity index (χ1) is 6.22. The maximum atomic E-state index is 10.3. The van der Waals surface area contributed by atoms with Crippen LogP contribution in [0.3, 0.4) is 0 Å². The van der Waals surface area contributed by atoms with Gasteiger partial charge in [0.25, 0.3) is 0 Å². The van der Waals surface area contributed by atoms with Gasteiger partial charge in [-0.1, -0.05) is 20.8 Å². The molecule has 1 N–H and O–H groups in total. The van der Waals surface area contributed by atoms with Crippen molar-refractivity contribution < 1.29 is 5.11 Å². The highest BCUT2D eigenvalue weighted by Gasteiger charge is 2.51. The van der Waals surface area contributed by atoms with E-state index in [1.165, 1.54) is 19.3 Å². The van der Waals surface area contributed by atoms with E-state index in [2.05, 4.69) is 20.8 Å². The van der Waals surface area contributed by atoms with Crippen molar-refractivity contribution in [2.75, 3.05) is 0 Å². The molecular weight excluding hydrogens is 172 g/mol. The SMILES string of the molecule is CC1C[C@@]2(C)CC(C)(O)C[C@@](C)(C1)C2. The minimum absolute atomic E-state index is 0.397. The Balaban J connectivity index is 2.28. The second-order valence-corrected chi connectivity index (χ2v) is 7.16. The zero-order valence-electron chi connectivity index (χ0n) is 10.1. The molecule has 82 valence electrons. The molecule has 14 heavy (non-hydrogen) atoms.